The number of rotatable bonds is 2. The lowest BCUT2D eigenvalue weighted by atomic mass is 10.1. The third-order valence-electron chi connectivity index (χ3n) is 3.84. The number of para-hydroxylation sites is 1. The molecule has 6 heteroatoms. The van der Waals surface area contributed by atoms with E-state index >= 15 is 0 Å². The Morgan fingerprint density at radius 1 is 1.18 bits per heavy atom. The van der Waals surface area contributed by atoms with Crippen molar-refractivity contribution < 1.29 is 9.59 Å². The first-order valence-electron chi connectivity index (χ1n) is 7.36. The number of fused-ring (bicyclic) bond motifs is 1. The van der Waals surface area contributed by atoms with Crippen LogP contribution in [0.2, 0.25) is 0 Å². The number of carbonyl (C=O) groups is 2. The van der Waals surface area contributed by atoms with Crippen molar-refractivity contribution in [2.75, 3.05) is 6.54 Å². The third-order valence-corrected chi connectivity index (χ3v) is 3.84. The lowest BCUT2D eigenvalue weighted by Gasteiger charge is -2.15. The molecule has 2 aromatic rings. The maximum Gasteiger partial charge on any atom is 0.261 e. The molecule has 2 heterocycles. The van der Waals surface area contributed by atoms with Crippen LogP contribution in [0, 0.1) is 0 Å². The fraction of sp³-hybridized carbons (Fsp3) is 0.312. The molecule has 1 atom stereocenters. The van der Waals surface area contributed by atoms with E-state index < -0.39 is 17.5 Å². The van der Waals surface area contributed by atoms with Crippen LogP contribution in [0.4, 0.5) is 0 Å². The van der Waals surface area contributed by atoms with Gasteiger partial charge in [-0.05, 0) is 36.8 Å². The Balaban J connectivity index is 1.87. The molecule has 22 heavy (non-hydrogen) atoms. The van der Waals surface area contributed by atoms with E-state index in [4.69, 9.17) is 0 Å². The van der Waals surface area contributed by atoms with Crippen molar-refractivity contribution in [2.45, 2.75) is 25.3 Å². The van der Waals surface area contributed by atoms with Gasteiger partial charge >= 0.3 is 0 Å². The maximum absolute atomic E-state index is 12.3. The maximum atomic E-state index is 12.3. The van der Waals surface area contributed by atoms with Crippen LogP contribution in [0.25, 0.3) is 10.9 Å². The summed E-state index contributed by atoms with van der Waals surface area (Å²) >= 11 is 0. The first-order chi connectivity index (χ1) is 10.6. The smallest absolute Gasteiger partial charge is 0.261 e. The molecule has 0 unspecified atom stereocenters. The van der Waals surface area contributed by atoms with Crippen molar-refractivity contribution in [1.82, 2.24) is 15.6 Å². The average molecular weight is 299 g/mol. The Kier molecular flexibility index (Phi) is 3.91. The fourth-order valence-corrected chi connectivity index (χ4v) is 2.63. The van der Waals surface area contributed by atoms with Crippen LogP contribution in [-0.2, 0) is 4.79 Å². The van der Waals surface area contributed by atoms with Crippen LogP contribution >= 0.6 is 0 Å². The summed E-state index contributed by atoms with van der Waals surface area (Å²) in [5.41, 5.74) is 0.247. The summed E-state index contributed by atoms with van der Waals surface area (Å²) in [6.07, 6.45) is 2.34. The minimum absolute atomic E-state index is 0.0238. The zero-order valence-electron chi connectivity index (χ0n) is 12.0. The molecule has 0 saturated carbocycles. The molecule has 1 saturated heterocycles. The highest BCUT2D eigenvalue weighted by Gasteiger charge is 2.24. The highest BCUT2D eigenvalue weighted by Crippen LogP contribution is 2.11. The van der Waals surface area contributed by atoms with Crippen LogP contribution in [0.5, 0.6) is 0 Å². The first kappa shape index (κ1) is 14.3. The number of aromatic amines is 1. The van der Waals surface area contributed by atoms with Gasteiger partial charge in [-0.25, -0.2) is 0 Å². The van der Waals surface area contributed by atoms with Gasteiger partial charge in [-0.15, -0.1) is 0 Å². The Morgan fingerprint density at radius 2 is 2.00 bits per heavy atom. The molecule has 0 aliphatic carbocycles. The van der Waals surface area contributed by atoms with Crippen molar-refractivity contribution in [3.05, 3.63) is 46.2 Å². The number of H-pyrrole nitrogens is 1. The van der Waals surface area contributed by atoms with Crippen molar-refractivity contribution in [3.63, 3.8) is 0 Å². The van der Waals surface area contributed by atoms with E-state index in [1.807, 2.05) is 18.2 Å². The molecular weight excluding hydrogens is 282 g/mol. The highest BCUT2D eigenvalue weighted by atomic mass is 16.2. The number of amides is 2. The van der Waals surface area contributed by atoms with Gasteiger partial charge in [-0.2, -0.15) is 0 Å². The predicted molar refractivity (Wildman–Crippen MR) is 82.7 cm³/mol. The number of hydrogen-bond donors (Lipinski definition) is 3. The molecule has 0 bridgehead atoms. The quantitative estimate of drug-likeness (QED) is 0.770. The van der Waals surface area contributed by atoms with Crippen LogP contribution in [-0.4, -0.2) is 29.4 Å². The molecule has 1 aliphatic rings. The van der Waals surface area contributed by atoms with E-state index in [0.29, 0.717) is 18.5 Å². The van der Waals surface area contributed by atoms with Gasteiger partial charge in [0.25, 0.3) is 11.5 Å². The van der Waals surface area contributed by atoms with Crippen molar-refractivity contribution in [3.8, 4) is 0 Å². The Labute approximate surface area is 126 Å². The lowest BCUT2D eigenvalue weighted by molar-refractivity contribution is -0.122. The minimum atomic E-state index is -0.583. The largest absolute Gasteiger partial charge is 0.354 e. The average Bonchev–Trinajstić information content (AvgIpc) is 2.71. The summed E-state index contributed by atoms with van der Waals surface area (Å²) in [5, 5.41) is 6.19. The van der Waals surface area contributed by atoms with Crippen LogP contribution < -0.4 is 16.2 Å². The van der Waals surface area contributed by atoms with Gasteiger partial charge in [-0.1, -0.05) is 18.2 Å². The van der Waals surface area contributed by atoms with Gasteiger partial charge in [0.15, 0.2) is 0 Å². The molecule has 1 aliphatic heterocycles. The minimum Gasteiger partial charge on any atom is -0.354 e. The second-order valence-electron chi connectivity index (χ2n) is 5.41. The normalized spacial score (nSPS) is 18.5. The molecule has 2 amide bonds. The summed E-state index contributed by atoms with van der Waals surface area (Å²) in [7, 11) is 0. The molecule has 0 radical (unpaired) electrons. The second-order valence-corrected chi connectivity index (χ2v) is 5.41. The van der Waals surface area contributed by atoms with Gasteiger partial charge in [-0.3, -0.25) is 14.4 Å². The Morgan fingerprint density at radius 3 is 2.86 bits per heavy atom. The van der Waals surface area contributed by atoms with Gasteiger partial charge in [0.05, 0.1) is 0 Å². The van der Waals surface area contributed by atoms with E-state index in [2.05, 4.69) is 15.6 Å². The fourth-order valence-electron chi connectivity index (χ4n) is 2.63. The van der Waals surface area contributed by atoms with Crippen LogP contribution in [0.1, 0.15) is 29.6 Å². The van der Waals surface area contributed by atoms with Crippen molar-refractivity contribution in [1.29, 1.82) is 0 Å². The summed E-state index contributed by atoms with van der Waals surface area (Å²) in [6.45, 7) is 0.627. The molecule has 3 N–H and O–H groups in total. The lowest BCUT2D eigenvalue weighted by Crippen LogP contribution is -2.46. The number of aromatic nitrogens is 1. The second kappa shape index (κ2) is 6.01. The number of hydrogen-bond acceptors (Lipinski definition) is 3. The van der Waals surface area contributed by atoms with Crippen molar-refractivity contribution in [2.24, 2.45) is 0 Å². The van der Waals surface area contributed by atoms with E-state index in [9.17, 15) is 14.4 Å². The summed E-state index contributed by atoms with van der Waals surface area (Å²) < 4.78 is 0. The summed E-state index contributed by atoms with van der Waals surface area (Å²) in [6, 6.07) is 8.21. The van der Waals surface area contributed by atoms with Crippen LogP contribution in [0.3, 0.4) is 0 Å². The monoisotopic (exact) mass is 299 g/mol. The number of carbonyl (C=O) groups excluding carboxylic acids is 2. The standard InChI is InChI=1S/C16H17N3O3/c20-14-11(9-10-5-1-2-6-12(10)18-14)15(21)19-13-7-3-4-8-17-16(13)22/h1-2,5-6,9,13H,3-4,7-8H2,(H,17,22)(H,18,20)(H,19,21)/t13-/m1/s1. The topological polar surface area (TPSA) is 91.1 Å². The molecule has 3 rings (SSSR count). The molecule has 1 fully saturated rings. The molecule has 114 valence electrons. The first-order valence-corrected chi connectivity index (χ1v) is 7.36. The number of pyridine rings is 1. The molecule has 6 nitrogen and oxygen atoms in total. The Bertz CT molecular complexity index is 782. The van der Waals surface area contributed by atoms with Gasteiger partial charge in [0.2, 0.25) is 5.91 Å². The predicted octanol–water partition coefficient (Wildman–Crippen LogP) is 0.927. The molecule has 1 aromatic heterocycles. The Hall–Kier alpha value is -2.63. The van der Waals surface area contributed by atoms with Gasteiger partial charge in [0, 0.05) is 12.1 Å². The van der Waals surface area contributed by atoms with Gasteiger partial charge in [0.1, 0.15) is 11.6 Å². The van der Waals surface area contributed by atoms with Crippen molar-refractivity contribution >= 4 is 22.7 Å². The van der Waals surface area contributed by atoms with Crippen LogP contribution in [0.15, 0.2) is 35.1 Å². The zero-order chi connectivity index (χ0) is 15.5. The number of nitrogens with one attached hydrogen (secondary N) is 3. The summed E-state index contributed by atoms with van der Waals surface area (Å²) in [5.74, 6) is -0.711. The highest BCUT2D eigenvalue weighted by molar-refractivity contribution is 5.99. The number of benzene rings is 1. The molecule has 0 spiro atoms. The van der Waals surface area contributed by atoms with E-state index in [0.717, 1.165) is 18.2 Å². The molecular formula is C16H17N3O3. The van der Waals surface area contributed by atoms with E-state index in [-0.39, 0.29) is 11.5 Å². The SMILES string of the molecule is O=C(N[C@@H]1CCCCNC1=O)c1cc2ccccc2[nH]c1=O. The molecule has 1 aromatic carbocycles. The van der Waals surface area contributed by atoms with E-state index in [1.54, 1.807) is 12.1 Å². The summed E-state index contributed by atoms with van der Waals surface area (Å²) in [4.78, 5) is 38.9. The zero-order valence-corrected chi connectivity index (χ0v) is 12.0. The van der Waals surface area contributed by atoms with E-state index in [1.165, 1.54) is 0 Å². The third kappa shape index (κ3) is 2.86. The van der Waals surface area contributed by atoms with Gasteiger partial charge < -0.3 is 15.6 Å².